The molecule has 12 aromatic rings. The number of aryl methyl sites for hydroxylation is 12. The second-order valence-corrected chi connectivity index (χ2v) is 35.1. The number of nitrogens with one attached hydrogen (secondary N) is 3. The second-order valence-electron chi connectivity index (χ2n) is 35.1. The number of amidine groups is 2. The van der Waals surface area contributed by atoms with E-state index in [0.29, 0.717) is 67.4 Å². The summed E-state index contributed by atoms with van der Waals surface area (Å²) >= 11 is 0. The Morgan fingerprint density at radius 1 is 0.476 bits per heavy atom. The third-order valence-electron chi connectivity index (χ3n) is 19.6. The number of nitrogens with two attached hydrogens (primary N) is 3. The van der Waals surface area contributed by atoms with Gasteiger partial charge in [-0.1, -0.05) is 6.07 Å². The largest absolute Gasteiger partial charge is 0.464 e. The van der Waals surface area contributed by atoms with Crippen LogP contribution in [0.2, 0.25) is 0 Å². The second kappa shape index (κ2) is 74.6. The van der Waals surface area contributed by atoms with Gasteiger partial charge >= 0.3 is 6.01 Å². The zero-order valence-electron chi connectivity index (χ0n) is 90.8. The number of benzene rings is 1. The number of anilines is 4. The Morgan fingerprint density at radius 3 is 1.41 bits per heavy atom. The third-order valence-corrected chi connectivity index (χ3v) is 19.6. The summed E-state index contributed by atoms with van der Waals surface area (Å²) in [6, 6.07) is 36.2. The SMILES string of the molecule is CCOc1nccc(C)n1.COC1CCN(C(C)=N)C1.COC1CCN(C(C)=N)CC1.COCCNc1nccc(C)n1.Cc1cc[n+](O)c(CN(C)C)c1.Cc1cc[n+](O)cc1CN(C)C.Cc1ccc(F)cc1CN(C)C.Cc1ccnc(CN(C)C)c1.Cc1ccnc(CN(C)C)n1.Cc1ccnc(CN)c1.Cc1ccnc(N(C)C)c1.Cc1ccnc(N)c1.Cc1ccnc(N)n1.Cc1ccncn1. The summed E-state index contributed by atoms with van der Waals surface area (Å²) in [6.45, 7) is 39.9. The van der Waals surface area contributed by atoms with Gasteiger partial charge in [-0.05, 0) is 329 Å². The zero-order chi connectivity index (χ0) is 107. The first-order valence-corrected chi connectivity index (χ1v) is 47.1. The van der Waals surface area contributed by atoms with Crippen LogP contribution in [-0.2, 0) is 53.5 Å². The van der Waals surface area contributed by atoms with Gasteiger partial charge in [0.1, 0.15) is 29.6 Å². The van der Waals surface area contributed by atoms with Crippen molar-refractivity contribution in [1.82, 2.24) is 104 Å². The Labute approximate surface area is 851 Å². The lowest BCUT2D eigenvalue weighted by Gasteiger charge is -2.31. The smallest absolute Gasteiger partial charge is 0.316 e. The Balaban J connectivity index is 0.000000772. The number of methoxy groups -OCH3 is 3. The molecule has 2 fully saturated rings. The highest BCUT2D eigenvalue weighted by atomic mass is 19.1. The number of pyridine rings is 6. The molecule has 0 spiro atoms. The fourth-order valence-electron chi connectivity index (χ4n) is 12.2. The van der Waals surface area contributed by atoms with Crippen LogP contribution in [0, 0.1) is 99.7 Å². The topological polar surface area (TPSA) is 429 Å². The van der Waals surface area contributed by atoms with Gasteiger partial charge in [-0.25, -0.2) is 64.2 Å². The Bertz CT molecular complexity index is 5160. The van der Waals surface area contributed by atoms with Crippen molar-refractivity contribution in [3.8, 4) is 6.01 Å². The Kier molecular flexibility index (Phi) is 66.6. The molecule has 11 aromatic heterocycles. The highest BCUT2D eigenvalue weighted by Gasteiger charge is 2.22. The lowest BCUT2D eigenvalue weighted by atomic mass is 10.1. The molecule has 0 aliphatic carbocycles. The number of hydrogen-bond acceptors (Lipinski definition) is 32. The van der Waals surface area contributed by atoms with E-state index in [1.165, 1.54) is 34.6 Å². The van der Waals surface area contributed by atoms with Gasteiger partial charge in [0.25, 0.3) is 0 Å². The van der Waals surface area contributed by atoms with Crippen LogP contribution in [0.3, 0.4) is 0 Å². The molecule has 1 unspecified atom stereocenters. The van der Waals surface area contributed by atoms with E-state index < -0.39 is 0 Å². The van der Waals surface area contributed by atoms with Crippen molar-refractivity contribution in [2.24, 2.45) is 5.73 Å². The molecule has 0 amide bonds. The van der Waals surface area contributed by atoms with E-state index in [-0.39, 0.29) is 5.82 Å². The van der Waals surface area contributed by atoms with Gasteiger partial charge in [-0.2, -0.15) is 0 Å². The number of halogens is 1. The molecule has 782 valence electrons. The van der Waals surface area contributed by atoms with Gasteiger partial charge in [0.05, 0.1) is 61.6 Å². The van der Waals surface area contributed by atoms with Crippen molar-refractivity contribution in [2.45, 2.75) is 175 Å². The fraction of sp³-hybridized carbons (Fsp3) is 0.453. The van der Waals surface area contributed by atoms with Crippen molar-refractivity contribution in [1.29, 1.82) is 10.8 Å². The molecule has 0 bridgehead atoms. The van der Waals surface area contributed by atoms with E-state index in [4.69, 9.17) is 52.2 Å². The molecule has 37 heteroatoms. The molecule has 143 heavy (non-hydrogen) atoms. The highest BCUT2D eigenvalue weighted by Crippen LogP contribution is 2.16. The Morgan fingerprint density at radius 2 is 0.965 bits per heavy atom. The predicted molar refractivity (Wildman–Crippen MR) is 573 cm³/mol. The number of rotatable bonds is 20. The highest BCUT2D eigenvalue weighted by molar-refractivity contribution is 5.76. The van der Waals surface area contributed by atoms with E-state index in [1.54, 1.807) is 95.4 Å². The van der Waals surface area contributed by atoms with Gasteiger partial charge in [0, 0.05) is 212 Å². The van der Waals surface area contributed by atoms with Crippen LogP contribution < -0.4 is 41.6 Å². The van der Waals surface area contributed by atoms with Crippen LogP contribution in [0.1, 0.15) is 141 Å². The zero-order valence-corrected chi connectivity index (χ0v) is 90.8. The number of piperidine rings is 1. The van der Waals surface area contributed by atoms with E-state index >= 15 is 0 Å². The molecule has 2 aliphatic rings. The molecular weight excluding hydrogens is 1810 g/mol. The number of likely N-dealkylation sites (tertiary alicyclic amines) is 2. The van der Waals surface area contributed by atoms with Crippen LogP contribution in [0.5, 0.6) is 6.01 Å². The molecule has 0 saturated carbocycles. The minimum atomic E-state index is -0.155. The maximum absolute atomic E-state index is 12.8. The summed E-state index contributed by atoms with van der Waals surface area (Å²) in [5, 5.41) is 36.3. The average molecular weight is 1980 g/mol. The first-order valence-electron chi connectivity index (χ1n) is 47.1. The number of ether oxygens (including phenoxy) is 4. The molecule has 14 rings (SSSR count). The third kappa shape index (κ3) is 64.6. The Hall–Kier alpha value is -13.4. The van der Waals surface area contributed by atoms with E-state index in [9.17, 15) is 9.60 Å². The van der Waals surface area contributed by atoms with Crippen LogP contribution >= 0.6 is 0 Å². The van der Waals surface area contributed by atoms with Crippen molar-refractivity contribution in [2.75, 3.05) is 174 Å². The standard InChI is InChI=1S/C10H14FN.2C9H15N2O.C9H14N2.C8H13N3O.C8H13N3.C8H16N2O.C8H12N2.C7H14N2O.C7H10N2O.C7H10N2.C6H8N2.C5H7N3.C5H6N2/c1-8-4-5-10(11)6-9(8)7-12(2)3;1-8-4-5-11(12)7-9(8)6-10(2)3;1-8-4-5-11(12)9(6-8)7-10(2)3;1-8-4-5-10-9(6-8)7-11(2)3;1-7-3-4-9-8(11-7)10-5-6-12-2;1-7-4-5-9-8(10-7)6-11(2)3;1-7(9)10-5-3-8(11-2)4-6-10;1-7-4-5-9-8(6-7)10(2)3;1-6(8)9-4-3-7(5-9)10-2;1-3-10-7-8-5-4-6(2)9-7;1-6-2-3-9-7(4-6)5-8;1-5-2-3-8-6(7)4-5;1-4-2-3-7-5(6)8-4;1-5-2-3-6-4-7-5/h4-6H,7H2,1-3H3;4-5,7,12H,6H2,1-3H3;4-6,12H,7H2,1-3H3;4-6H,7H2,1-3H3;3-4H,5-6H2,1-2H3,(H,9,10,11);4-5H,6H2,1-3H3;8-9H,3-6H2,1-2H3;4-6H,1-3H3;7-8H,3-5H2,1-2H3;4-5H,3H2,1-2H3;2-4H,5,8H2,1H3;2-4H,1H3,(H2,7,8);2-3H,1H3,(H2,6,7,8);2-4H,1H3/q;2*+1;;;;;;;;;;;. The van der Waals surface area contributed by atoms with E-state index in [2.05, 4.69) is 121 Å². The molecule has 0 radical (unpaired) electrons. The molecule has 2 saturated heterocycles. The molecule has 2 aliphatic heterocycles. The van der Waals surface area contributed by atoms with Gasteiger partial charge in [0.2, 0.25) is 36.2 Å². The summed E-state index contributed by atoms with van der Waals surface area (Å²) in [7, 11) is 29.2. The normalized spacial score (nSPS) is 11.9. The van der Waals surface area contributed by atoms with Crippen LogP contribution in [0.15, 0.2) is 196 Å². The van der Waals surface area contributed by atoms with Crippen LogP contribution in [-0.4, -0.2) is 290 Å². The molecule has 1 aromatic carbocycles. The molecule has 11 N–H and O–H groups in total. The number of nitrogens with zero attached hydrogens (tertiary/aromatic N) is 24. The monoisotopic (exact) mass is 1980 g/mol. The van der Waals surface area contributed by atoms with Crippen molar-refractivity contribution >= 4 is 35.2 Å². The summed E-state index contributed by atoms with van der Waals surface area (Å²) in [5.41, 5.74) is 34.4. The van der Waals surface area contributed by atoms with Gasteiger partial charge in [-0.15, -0.1) is 0 Å². The van der Waals surface area contributed by atoms with Gasteiger partial charge < -0.3 is 75.8 Å². The average Bonchev–Trinajstić information content (AvgIpc) is 1.51. The summed E-state index contributed by atoms with van der Waals surface area (Å²) in [5.74, 6) is 4.66. The number of hydrogen-bond donors (Lipinski definition) is 8. The summed E-state index contributed by atoms with van der Waals surface area (Å²) in [4.78, 5) is 72.3. The first kappa shape index (κ1) is 128. The fourth-order valence-corrected chi connectivity index (χ4v) is 12.2. The molecule has 13 heterocycles. The van der Waals surface area contributed by atoms with Gasteiger partial charge in [-0.3, -0.25) is 36.1 Å². The van der Waals surface area contributed by atoms with Crippen molar-refractivity contribution in [3.05, 3.63) is 303 Å². The summed E-state index contributed by atoms with van der Waals surface area (Å²) < 4.78 is 35.3. The quantitative estimate of drug-likeness (QED) is 0.0115. The van der Waals surface area contributed by atoms with Crippen LogP contribution in [0.25, 0.3) is 0 Å². The minimum Gasteiger partial charge on any atom is -0.464 e. The lowest BCUT2D eigenvalue weighted by Crippen LogP contribution is -2.39. The molecular formula is C106H167FN30O6+2. The molecule has 36 nitrogen and oxygen atoms in total. The number of aromatic nitrogens is 16. The minimum absolute atomic E-state index is 0.155. The summed E-state index contributed by atoms with van der Waals surface area (Å²) in [6.07, 6.45) is 26.2. The van der Waals surface area contributed by atoms with Crippen molar-refractivity contribution < 1.29 is 43.2 Å². The van der Waals surface area contributed by atoms with Crippen LogP contribution in [0.4, 0.5) is 27.9 Å². The lowest BCUT2D eigenvalue weighted by molar-refractivity contribution is -0.910. The number of nitrogen functional groups attached to an aromatic ring is 2. The predicted octanol–water partition coefficient (Wildman–Crippen LogP) is 13.9. The van der Waals surface area contributed by atoms with Crippen molar-refractivity contribution in [3.63, 3.8) is 0 Å². The van der Waals surface area contributed by atoms with E-state index in [0.717, 1.165) is 179 Å². The maximum atomic E-state index is 12.8. The van der Waals surface area contributed by atoms with E-state index in [1.807, 2.05) is 292 Å². The maximum Gasteiger partial charge on any atom is 0.316 e. The molecule has 1 atom stereocenters. The first-order chi connectivity index (χ1) is 67.8. The van der Waals surface area contributed by atoms with Gasteiger partial charge in [0.15, 0.2) is 0 Å².